The summed E-state index contributed by atoms with van der Waals surface area (Å²) in [6.07, 6.45) is 0. The Morgan fingerprint density at radius 3 is 2.89 bits per heavy atom. The highest BCUT2D eigenvalue weighted by Gasteiger charge is 2.09. The number of halogens is 1. The van der Waals surface area contributed by atoms with Crippen LogP contribution in [0.15, 0.2) is 40.2 Å². The number of nitriles is 1. The number of benzene rings is 1. The summed E-state index contributed by atoms with van der Waals surface area (Å²) < 4.78 is 6.28. The number of nitrogens with zero attached hydrogens (tertiary/aromatic N) is 1. The van der Waals surface area contributed by atoms with E-state index in [0.717, 1.165) is 3.79 Å². The van der Waals surface area contributed by atoms with Gasteiger partial charge in [-0.1, -0.05) is 6.07 Å². The third-order valence-corrected chi connectivity index (χ3v) is 3.85. The Labute approximate surface area is 117 Å². The van der Waals surface area contributed by atoms with Crippen molar-refractivity contribution in [3.63, 3.8) is 0 Å². The third kappa shape index (κ3) is 3.19. The molecule has 0 spiro atoms. The van der Waals surface area contributed by atoms with Gasteiger partial charge in [0.2, 0.25) is 5.78 Å². The van der Waals surface area contributed by atoms with Crippen LogP contribution in [0, 0.1) is 11.3 Å². The Hall–Kier alpha value is -1.64. The maximum atomic E-state index is 11.8. The van der Waals surface area contributed by atoms with Crippen molar-refractivity contribution in [2.75, 3.05) is 6.61 Å². The number of carbonyl (C=O) groups excluding carboxylic acids is 1. The number of hydrogen-bond acceptors (Lipinski definition) is 4. The maximum Gasteiger partial charge on any atom is 0.210 e. The van der Waals surface area contributed by atoms with Crippen molar-refractivity contribution in [2.24, 2.45) is 0 Å². The summed E-state index contributed by atoms with van der Waals surface area (Å²) in [5.74, 6) is 0.450. The number of ether oxygens (including phenoxy) is 1. The lowest BCUT2D eigenvalue weighted by Crippen LogP contribution is -2.10. The van der Waals surface area contributed by atoms with Crippen LogP contribution in [-0.2, 0) is 0 Å². The van der Waals surface area contributed by atoms with Gasteiger partial charge in [-0.05, 0) is 46.3 Å². The number of carbonyl (C=O) groups is 1. The molecule has 0 saturated heterocycles. The van der Waals surface area contributed by atoms with Crippen LogP contribution >= 0.6 is 27.3 Å². The van der Waals surface area contributed by atoms with E-state index in [2.05, 4.69) is 15.9 Å². The fourth-order valence-electron chi connectivity index (χ4n) is 1.34. The maximum absolute atomic E-state index is 11.8. The van der Waals surface area contributed by atoms with Gasteiger partial charge in [0.25, 0.3) is 0 Å². The second kappa shape index (κ2) is 5.80. The molecule has 3 nitrogen and oxygen atoms in total. The highest BCUT2D eigenvalue weighted by atomic mass is 79.9. The second-order valence-corrected chi connectivity index (χ2v) is 5.92. The lowest BCUT2D eigenvalue weighted by atomic mass is 10.2. The van der Waals surface area contributed by atoms with Crippen molar-refractivity contribution in [3.8, 4) is 11.8 Å². The van der Waals surface area contributed by atoms with E-state index in [1.807, 2.05) is 12.1 Å². The van der Waals surface area contributed by atoms with Crippen molar-refractivity contribution < 1.29 is 9.53 Å². The molecule has 0 bridgehead atoms. The van der Waals surface area contributed by atoms with Gasteiger partial charge in [0.15, 0.2) is 6.61 Å². The standard InChI is InChI=1S/C13H8BrNO2S/c14-13-5-4-12(18-13)11(16)8-17-10-3-1-2-9(6-10)7-15/h1-6H,8H2. The average molecular weight is 322 g/mol. The first-order valence-electron chi connectivity index (χ1n) is 5.10. The molecule has 0 unspecified atom stereocenters. The smallest absolute Gasteiger partial charge is 0.210 e. The minimum atomic E-state index is -0.0759. The molecule has 0 radical (unpaired) electrons. The van der Waals surface area contributed by atoms with Crippen LogP contribution < -0.4 is 4.74 Å². The van der Waals surface area contributed by atoms with Gasteiger partial charge in [0.05, 0.1) is 20.3 Å². The van der Waals surface area contributed by atoms with Gasteiger partial charge in [-0.15, -0.1) is 11.3 Å². The Balaban J connectivity index is 1.99. The van der Waals surface area contributed by atoms with Crippen molar-refractivity contribution in [1.29, 1.82) is 5.26 Å². The summed E-state index contributed by atoms with van der Waals surface area (Å²) >= 11 is 4.68. The van der Waals surface area contributed by atoms with Crippen LogP contribution in [0.25, 0.3) is 0 Å². The summed E-state index contributed by atoms with van der Waals surface area (Å²) in [5.41, 5.74) is 0.513. The summed E-state index contributed by atoms with van der Waals surface area (Å²) in [5, 5.41) is 8.74. The van der Waals surface area contributed by atoms with Gasteiger partial charge >= 0.3 is 0 Å². The largest absolute Gasteiger partial charge is 0.485 e. The summed E-state index contributed by atoms with van der Waals surface area (Å²) in [6.45, 7) is -0.0260. The van der Waals surface area contributed by atoms with Gasteiger partial charge in [-0.3, -0.25) is 4.79 Å². The molecule has 2 aromatic rings. The molecule has 0 saturated carbocycles. The number of hydrogen-bond donors (Lipinski definition) is 0. The monoisotopic (exact) mass is 321 g/mol. The molecule has 0 atom stereocenters. The molecule has 0 N–H and O–H groups in total. The normalized spacial score (nSPS) is 9.78. The molecule has 90 valence electrons. The molecule has 0 amide bonds. The van der Waals surface area contributed by atoms with Crippen molar-refractivity contribution in [1.82, 2.24) is 0 Å². The fourth-order valence-corrected chi connectivity index (χ4v) is 2.65. The predicted octanol–water partition coefficient (Wildman–Crippen LogP) is 3.64. The molecule has 1 aromatic heterocycles. The predicted molar refractivity (Wildman–Crippen MR) is 73.0 cm³/mol. The molecule has 0 fully saturated rings. The van der Waals surface area contributed by atoms with Crippen LogP contribution in [0.4, 0.5) is 0 Å². The van der Waals surface area contributed by atoms with Gasteiger partial charge in [-0.25, -0.2) is 0 Å². The molecule has 0 aliphatic heterocycles. The summed E-state index contributed by atoms with van der Waals surface area (Å²) in [4.78, 5) is 12.4. The Morgan fingerprint density at radius 1 is 1.39 bits per heavy atom. The zero-order valence-electron chi connectivity index (χ0n) is 9.22. The van der Waals surface area contributed by atoms with Gasteiger partial charge in [-0.2, -0.15) is 5.26 Å². The molecule has 5 heteroatoms. The van der Waals surface area contributed by atoms with E-state index in [9.17, 15) is 4.79 Å². The first-order chi connectivity index (χ1) is 8.69. The minimum absolute atomic E-state index is 0.0260. The van der Waals surface area contributed by atoms with Crippen LogP contribution in [0.3, 0.4) is 0 Å². The molecule has 18 heavy (non-hydrogen) atoms. The molecule has 0 aliphatic carbocycles. The van der Waals surface area contributed by atoms with E-state index in [1.165, 1.54) is 11.3 Å². The number of ketones is 1. The van der Waals surface area contributed by atoms with Crippen LogP contribution in [0.2, 0.25) is 0 Å². The zero-order valence-corrected chi connectivity index (χ0v) is 11.6. The fraction of sp³-hybridized carbons (Fsp3) is 0.0769. The minimum Gasteiger partial charge on any atom is -0.485 e. The van der Waals surface area contributed by atoms with E-state index in [1.54, 1.807) is 30.3 Å². The summed E-state index contributed by atoms with van der Waals surface area (Å²) in [7, 11) is 0. The molecule has 0 aliphatic rings. The summed E-state index contributed by atoms with van der Waals surface area (Å²) in [6, 6.07) is 12.3. The highest BCUT2D eigenvalue weighted by Crippen LogP contribution is 2.22. The molecule has 1 heterocycles. The molecular weight excluding hydrogens is 314 g/mol. The van der Waals surface area contributed by atoms with Crippen LogP contribution in [0.5, 0.6) is 5.75 Å². The van der Waals surface area contributed by atoms with Gasteiger partial charge in [0, 0.05) is 0 Å². The Bertz CT molecular complexity index is 615. The van der Waals surface area contributed by atoms with E-state index in [4.69, 9.17) is 10.00 Å². The van der Waals surface area contributed by atoms with E-state index >= 15 is 0 Å². The van der Waals surface area contributed by atoms with Crippen LogP contribution in [-0.4, -0.2) is 12.4 Å². The van der Waals surface area contributed by atoms with E-state index in [0.29, 0.717) is 16.2 Å². The Morgan fingerprint density at radius 2 is 2.22 bits per heavy atom. The third-order valence-electron chi connectivity index (χ3n) is 2.18. The van der Waals surface area contributed by atoms with Gasteiger partial charge in [0.1, 0.15) is 5.75 Å². The molecule has 1 aromatic carbocycles. The lowest BCUT2D eigenvalue weighted by Gasteiger charge is -2.04. The zero-order chi connectivity index (χ0) is 13.0. The van der Waals surface area contributed by atoms with Crippen molar-refractivity contribution in [2.45, 2.75) is 0 Å². The Kier molecular flexibility index (Phi) is 4.13. The quantitative estimate of drug-likeness (QED) is 0.808. The van der Waals surface area contributed by atoms with Crippen molar-refractivity contribution in [3.05, 3.63) is 50.6 Å². The van der Waals surface area contributed by atoms with E-state index in [-0.39, 0.29) is 12.4 Å². The highest BCUT2D eigenvalue weighted by molar-refractivity contribution is 9.11. The molecule has 2 rings (SSSR count). The average Bonchev–Trinajstić information content (AvgIpc) is 2.83. The first kappa shape index (κ1) is 12.8. The number of thiophene rings is 1. The lowest BCUT2D eigenvalue weighted by molar-refractivity contribution is 0.0925. The van der Waals surface area contributed by atoms with E-state index < -0.39 is 0 Å². The topological polar surface area (TPSA) is 50.1 Å². The number of Topliss-reactive ketones (excluding diaryl/α,β-unsaturated/α-hetero) is 1. The first-order valence-corrected chi connectivity index (χ1v) is 6.71. The second-order valence-electron chi connectivity index (χ2n) is 3.46. The van der Waals surface area contributed by atoms with Crippen molar-refractivity contribution >= 4 is 33.0 Å². The number of rotatable bonds is 4. The SMILES string of the molecule is N#Cc1cccc(OCC(=O)c2ccc(Br)s2)c1. The van der Waals surface area contributed by atoms with Crippen LogP contribution in [0.1, 0.15) is 15.2 Å². The van der Waals surface area contributed by atoms with Gasteiger partial charge < -0.3 is 4.74 Å². The molecular formula is C13H8BrNO2S.